The second-order valence-corrected chi connectivity index (χ2v) is 2.37. The van der Waals surface area contributed by atoms with Crippen LogP contribution in [0.4, 0.5) is 0 Å². The first kappa shape index (κ1) is 8.92. The van der Waals surface area contributed by atoms with Crippen LogP contribution in [-0.4, -0.2) is 17.8 Å². The standard InChI is InChI=1S/C7H17NO/c1-2-3-4-7(9)5-6-8/h7,9H,2-6,8H2,1H3/t7-/m0/s1. The third kappa shape index (κ3) is 5.80. The molecule has 0 aromatic rings. The molecule has 0 amide bonds. The molecule has 0 fully saturated rings. The molecule has 2 nitrogen and oxygen atoms in total. The van der Waals surface area contributed by atoms with Crippen LogP contribution in [0, 0.1) is 0 Å². The van der Waals surface area contributed by atoms with Gasteiger partial charge in [0.15, 0.2) is 0 Å². The van der Waals surface area contributed by atoms with Crippen molar-refractivity contribution in [2.45, 2.75) is 38.7 Å². The van der Waals surface area contributed by atoms with Crippen molar-refractivity contribution in [1.29, 1.82) is 0 Å². The first-order valence-corrected chi connectivity index (χ1v) is 3.69. The maximum atomic E-state index is 9.10. The Hall–Kier alpha value is -0.0800. The molecular formula is C7H17NO. The van der Waals surface area contributed by atoms with Crippen molar-refractivity contribution in [1.82, 2.24) is 0 Å². The second kappa shape index (κ2) is 6.05. The Morgan fingerprint density at radius 1 is 1.44 bits per heavy atom. The summed E-state index contributed by atoms with van der Waals surface area (Å²) in [4.78, 5) is 0. The van der Waals surface area contributed by atoms with Crippen LogP contribution >= 0.6 is 0 Å². The highest BCUT2D eigenvalue weighted by Crippen LogP contribution is 2.01. The summed E-state index contributed by atoms with van der Waals surface area (Å²) in [6, 6.07) is 0. The number of hydrogen-bond donors (Lipinski definition) is 2. The molecule has 0 aliphatic heterocycles. The lowest BCUT2D eigenvalue weighted by Gasteiger charge is -2.06. The maximum Gasteiger partial charge on any atom is 0.0552 e. The summed E-state index contributed by atoms with van der Waals surface area (Å²) in [5.41, 5.74) is 5.24. The van der Waals surface area contributed by atoms with Gasteiger partial charge in [0.1, 0.15) is 0 Å². The van der Waals surface area contributed by atoms with Gasteiger partial charge in [0.05, 0.1) is 6.10 Å². The van der Waals surface area contributed by atoms with Crippen LogP contribution in [0.2, 0.25) is 0 Å². The van der Waals surface area contributed by atoms with Crippen LogP contribution in [0.3, 0.4) is 0 Å². The molecule has 0 unspecified atom stereocenters. The van der Waals surface area contributed by atoms with E-state index in [2.05, 4.69) is 6.92 Å². The van der Waals surface area contributed by atoms with E-state index in [-0.39, 0.29) is 6.10 Å². The summed E-state index contributed by atoms with van der Waals surface area (Å²) >= 11 is 0. The van der Waals surface area contributed by atoms with Gasteiger partial charge in [0, 0.05) is 0 Å². The molecule has 0 aliphatic rings. The Bertz CT molecular complexity index is 56.9. The minimum Gasteiger partial charge on any atom is -0.393 e. The average molecular weight is 131 g/mol. The van der Waals surface area contributed by atoms with Gasteiger partial charge >= 0.3 is 0 Å². The van der Waals surface area contributed by atoms with Gasteiger partial charge in [0.25, 0.3) is 0 Å². The number of rotatable bonds is 5. The lowest BCUT2D eigenvalue weighted by molar-refractivity contribution is 0.154. The summed E-state index contributed by atoms with van der Waals surface area (Å²) in [6.45, 7) is 2.72. The number of aliphatic hydroxyl groups is 1. The van der Waals surface area contributed by atoms with Crippen molar-refractivity contribution >= 4 is 0 Å². The predicted octanol–water partition coefficient (Wildman–Crippen LogP) is 0.886. The van der Waals surface area contributed by atoms with Gasteiger partial charge < -0.3 is 10.8 Å². The first-order chi connectivity index (χ1) is 4.31. The zero-order valence-corrected chi connectivity index (χ0v) is 6.14. The van der Waals surface area contributed by atoms with E-state index in [4.69, 9.17) is 10.8 Å². The van der Waals surface area contributed by atoms with Crippen molar-refractivity contribution < 1.29 is 5.11 Å². The van der Waals surface area contributed by atoms with Gasteiger partial charge in [0.2, 0.25) is 0 Å². The topological polar surface area (TPSA) is 46.2 Å². The molecule has 1 atom stereocenters. The highest BCUT2D eigenvalue weighted by molar-refractivity contribution is 4.54. The van der Waals surface area contributed by atoms with Crippen molar-refractivity contribution in [2.75, 3.05) is 6.54 Å². The molecule has 0 rings (SSSR count). The second-order valence-electron chi connectivity index (χ2n) is 2.37. The molecule has 0 saturated heterocycles. The van der Waals surface area contributed by atoms with E-state index in [9.17, 15) is 0 Å². The Kier molecular flexibility index (Phi) is 5.99. The maximum absolute atomic E-state index is 9.10. The zero-order valence-electron chi connectivity index (χ0n) is 6.14. The van der Waals surface area contributed by atoms with Crippen molar-refractivity contribution in [3.8, 4) is 0 Å². The fraction of sp³-hybridized carbons (Fsp3) is 1.00. The molecular weight excluding hydrogens is 114 g/mol. The molecule has 2 heteroatoms. The van der Waals surface area contributed by atoms with E-state index in [1.54, 1.807) is 0 Å². The van der Waals surface area contributed by atoms with Gasteiger partial charge in [-0.2, -0.15) is 0 Å². The Balaban J connectivity index is 2.95. The molecule has 0 heterocycles. The fourth-order valence-electron chi connectivity index (χ4n) is 0.776. The fourth-order valence-corrected chi connectivity index (χ4v) is 0.776. The SMILES string of the molecule is CCCC[C@H](O)CCN. The normalized spacial score (nSPS) is 13.7. The first-order valence-electron chi connectivity index (χ1n) is 3.69. The van der Waals surface area contributed by atoms with Crippen molar-refractivity contribution in [3.05, 3.63) is 0 Å². The van der Waals surface area contributed by atoms with Crippen LogP contribution in [0.15, 0.2) is 0 Å². The van der Waals surface area contributed by atoms with E-state index in [1.165, 1.54) is 0 Å². The number of unbranched alkanes of at least 4 members (excludes halogenated alkanes) is 1. The molecule has 0 aromatic carbocycles. The van der Waals surface area contributed by atoms with E-state index in [1.807, 2.05) is 0 Å². The molecule has 0 radical (unpaired) electrons. The minimum absolute atomic E-state index is 0.157. The highest BCUT2D eigenvalue weighted by Gasteiger charge is 1.99. The lowest BCUT2D eigenvalue weighted by atomic mass is 10.1. The van der Waals surface area contributed by atoms with Crippen LogP contribution < -0.4 is 5.73 Å². The molecule has 0 spiro atoms. The molecule has 0 saturated carbocycles. The summed E-state index contributed by atoms with van der Waals surface area (Å²) < 4.78 is 0. The average Bonchev–Trinajstić information content (AvgIpc) is 1.85. The predicted molar refractivity (Wildman–Crippen MR) is 39.2 cm³/mol. The van der Waals surface area contributed by atoms with E-state index < -0.39 is 0 Å². The van der Waals surface area contributed by atoms with E-state index in [0.29, 0.717) is 6.54 Å². The van der Waals surface area contributed by atoms with Gasteiger partial charge in [-0.1, -0.05) is 19.8 Å². The molecule has 56 valence electrons. The third-order valence-corrected chi connectivity index (χ3v) is 1.39. The number of aliphatic hydroxyl groups excluding tert-OH is 1. The molecule has 0 aliphatic carbocycles. The minimum atomic E-state index is -0.157. The van der Waals surface area contributed by atoms with Crippen LogP contribution in [0.5, 0.6) is 0 Å². The monoisotopic (exact) mass is 131 g/mol. The van der Waals surface area contributed by atoms with Crippen LogP contribution in [-0.2, 0) is 0 Å². The summed E-state index contributed by atoms with van der Waals surface area (Å²) in [5.74, 6) is 0. The quantitative estimate of drug-likeness (QED) is 0.582. The molecule has 0 bridgehead atoms. The van der Waals surface area contributed by atoms with Crippen LogP contribution in [0.1, 0.15) is 32.6 Å². The smallest absolute Gasteiger partial charge is 0.0552 e. The Morgan fingerprint density at radius 2 is 2.11 bits per heavy atom. The van der Waals surface area contributed by atoms with E-state index >= 15 is 0 Å². The Morgan fingerprint density at radius 3 is 2.56 bits per heavy atom. The molecule has 9 heavy (non-hydrogen) atoms. The highest BCUT2D eigenvalue weighted by atomic mass is 16.3. The summed E-state index contributed by atoms with van der Waals surface area (Å²) in [5, 5.41) is 9.10. The Labute approximate surface area is 57.1 Å². The number of hydrogen-bond acceptors (Lipinski definition) is 2. The van der Waals surface area contributed by atoms with Gasteiger partial charge in [-0.05, 0) is 19.4 Å². The molecule has 0 aromatic heterocycles. The largest absolute Gasteiger partial charge is 0.393 e. The number of nitrogens with two attached hydrogens (primary N) is 1. The van der Waals surface area contributed by atoms with Gasteiger partial charge in [-0.3, -0.25) is 0 Å². The third-order valence-electron chi connectivity index (χ3n) is 1.39. The zero-order chi connectivity index (χ0) is 7.11. The van der Waals surface area contributed by atoms with E-state index in [0.717, 1.165) is 25.7 Å². The van der Waals surface area contributed by atoms with Gasteiger partial charge in [-0.15, -0.1) is 0 Å². The lowest BCUT2D eigenvalue weighted by Crippen LogP contribution is -2.12. The van der Waals surface area contributed by atoms with Crippen molar-refractivity contribution in [2.24, 2.45) is 5.73 Å². The van der Waals surface area contributed by atoms with Crippen molar-refractivity contribution in [3.63, 3.8) is 0 Å². The summed E-state index contributed by atoms with van der Waals surface area (Å²) in [7, 11) is 0. The summed E-state index contributed by atoms with van der Waals surface area (Å²) in [6.07, 6.45) is 3.77. The molecule has 3 N–H and O–H groups in total. The van der Waals surface area contributed by atoms with Crippen LogP contribution in [0.25, 0.3) is 0 Å². The van der Waals surface area contributed by atoms with Gasteiger partial charge in [-0.25, -0.2) is 0 Å².